The maximum atomic E-state index is 13.8. The van der Waals surface area contributed by atoms with Crippen LogP contribution in [-0.2, 0) is 19.6 Å². The summed E-state index contributed by atoms with van der Waals surface area (Å²) in [5.41, 5.74) is -0.741. The van der Waals surface area contributed by atoms with E-state index in [4.69, 9.17) is 28.3 Å². The van der Waals surface area contributed by atoms with Crippen LogP contribution in [-0.4, -0.2) is 26.8 Å². The zero-order valence-corrected chi connectivity index (χ0v) is 18.9. The lowest BCUT2D eigenvalue weighted by Gasteiger charge is -2.16. The summed E-state index contributed by atoms with van der Waals surface area (Å²) in [4.78, 5) is 24.0. The number of carboxylic acid groups (broad SMARTS) is 1. The van der Waals surface area contributed by atoms with Crippen LogP contribution in [0.2, 0.25) is 10.0 Å². The Bertz CT molecular complexity index is 1210. The molecule has 0 aliphatic carbocycles. The molecular weight excluding hydrogens is 482 g/mol. The minimum Gasteiger partial charge on any atom is -0.478 e. The van der Waals surface area contributed by atoms with Gasteiger partial charge in [0.15, 0.2) is 5.69 Å². The normalized spacial score (nSPS) is 12.5. The number of aromatic nitrogens is 2. The highest BCUT2D eigenvalue weighted by Crippen LogP contribution is 2.34. The van der Waals surface area contributed by atoms with Gasteiger partial charge >= 0.3 is 12.1 Å². The Morgan fingerprint density at radius 3 is 2.30 bits per heavy atom. The number of nitrogens with zero attached hydrogens (tertiary/aromatic N) is 2. The second kappa shape index (κ2) is 9.44. The number of aryl methyl sites for hydroxylation is 1. The van der Waals surface area contributed by atoms with Gasteiger partial charge in [-0.2, -0.15) is 18.3 Å². The van der Waals surface area contributed by atoms with Crippen molar-refractivity contribution in [1.29, 1.82) is 0 Å². The first-order valence-electron chi connectivity index (χ1n) is 9.59. The van der Waals surface area contributed by atoms with Gasteiger partial charge in [-0.25, -0.2) is 4.79 Å². The molecule has 0 radical (unpaired) electrons. The SMILES string of the molecule is CC(NC(=O)c1c(Cc2ccc(Cl)c(Cl)c2)nn(C)c1C(F)(F)F)c1ccc(C(=O)O)cc1. The zero-order chi connectivity index (χ0) is 24.5. The molecule has 2 aromatic carbocycles. The van der Waals surface area contributed by atoms with E-state index in [1.54, 1.807) is 13.0 Å². The van der Waals surface area contributed by atoms with Gasteiger partial charge in [-0.15, -0.1) is 0 Å². The standard InChI is InChI=1S/C22H18Cl2F3N3O3/c1-11(13-4-6-14(7-5-13)21(32)33)28-20(31)18-17(29-30(2)19(18)22(25,26)27)10-12-3-8-15(23)16(24)9-12/h3-9,11H,10H2,1-2H3,(H,28,31)(H,32,33). The fraction of sp³-hybridized carbons (Fsp3) is 0.227. The summed E-state index contributed by atoms with van der Waals surface area (Å²) in [6, 6.07) is 9.57. The van der Waals surface area contributed by atoms with E-state index < -0.39 is 35.4 Å². The number of alkyl halides is 3. The van der Waals surface area contributed by atoms with Crippen LogP contribution in [0.25, 0.3) is 0 Å². The summed E-state index contributed by atoms with van der Waals surface area (Å²) in [5, 5.41) is 16.0. The zero-order valence-electron chi connectivity index (χ0n) is 17.4. The maximum Gasteiger partial charge on any atom is 0.433 e. The molecule has 33 heavy (non-hydrogen) atoms. The summed E-state index contributed by atoms with van der Waals surface area (Å²) in [6.07, 6.45) is -4.90. The largest absolute Gasteiger partial charge is 0.478 e. The molecule has 11 heteroatoms. The first-order chi connectivity index (χ1) is 15.4. The molecule has 0 saturated heterocycles. The molecule has 1 atom stereocenters. The third-order valence-corrected chi connectivity index (χ3v) is 5.72. The van der Waals surface area contributed by atoms with Crippen molar-refractivity contribution in [2.45, 2.75) is 25.6 Å². The van der Waals surface area contributed by atoms with E-state index in [9.17, 15) is 22.8 Å². The third kappa shape index (κ3) is 5.48. The number of nitrogens with one attached hydrogen (secondary N) is 1. The van der Waals surface area contributed by atoms with Gasteiger partial charge in [0, 0.05) is 13.5 Å². The van der Waals surface area contributed by atoms with Crippen molar-refractivity contribution in [3.63, 3.8) is 0 Å². The van der Waals surface area contributed by atoms with Crippen LogP contribution in [0.1, 0.15) is 56.2 Å². The first kappa shape index (κ1) is 24.6. The quantitative estimate of drug-likeness (QED) is 0.467. The fourth-order valence-electron chi connectivity index (χ4n) is 3.38. The van der Waals surface area contributed by atoms with Crippen LogP contribution < -0.4 is 5.32 Å². The molecule has 1 unspecified atom stereocenters. The number of hydrogen-bond acceptors (Lipinski definition) is 3. The number of hydrogen-bond donors (Lipinski definition) is 2. The Morgan fingerprint density at radius 1 is 1.12 bits per heavy atom. The number of carboxylic acids is 1. The lowest BCUT2D eigenvalue weighted by atomic mass is 10.0. The highest BCUT2D eigenvalue weighted by atomic mass is 35.5. The number of halogens is 5. The topological polar surface area (TPSA) is 84.2 Å². The minimum absolute atomic E-state index is 0.0489. The molecule has 3 rings (SSSR count). The second-order valence-electron chi connectivity index (χ2n) is 7.34. The van der Waals surface area contributed by atoms with Crippen molar-refractivity contribution >= 4 is 35.1 Å². The van der Waals surface area contributed by atoms with Gasteiger partial charge in [0.2, 0.25) is 0 Å². The molecule has 0 saturated carbocycles. The van der Waals surface area contributed by atoms with E-state index in [-0.39, 0.29) is 27.7 Å². The molecule has 6 nitrogen and oxygen atoms in total. The highest BCUT2D eigenvalue weighted by molar-refractivity contribution is 6.42. The average Bonchev–Trinajstić information content (AvgIpc) is 3.07. The number of rotatable bonds is 6. The first-order valence-corrected chi connectivity index (χ1v) is 10.3. The molecule has 0 aliphatic heterocycles. The van der Waals surface area contributed by atoms with Crippen LogP contribution in [0.3, 0.4) is 0 Å². The maximum absolute atomic E-state index is 13.8. The third-order valence-electron chi connectivity index (χ3n) is 4.98. The summed E-state index contributed by atoms with van der Waals surface area (Å²) in [6.45, 7) is 1.58. The number of carbonyl (C=O) groups is 2. The number of aromatic carboxylic acids is 1. The van der Waals surface area contributed by atoms with Gasteiger partial charge in [-0.05, 0) is 42.3 Å². The van der Waals surface area contributed by atoms with E-state index in [1.807, 2.05) is 0 Å². The van der Waals surface area contributed by atoms with Gasteiger partial charge in [-0.3, -0.25) is 9.48 Å². The Balaban J connectivity index is 1.95. The predicted octanol–water partition coefficient (Wildman–Crippen LogP) is 5.53. The average molecular weight is 500 g/mol. The number of benzene rings is 2. The van der Waals surface area contributed by atoms with Gasteiger partial charge in [0.1, 0.15) is 0 Å². The van der Waals surface area contributed by atoms with E-state index in [1.165, 1.54) is 36.4 Å². The molecule has 174 valence electrons. The number of carbonyl (C=O) groups excluding carboxylic acids is 1. The van der Waals surface area contributed by atoms with Crippen molar-refractivity contribution in [2.75, 3.05) is 0 Å². The molecule has 2 N–H and O–H groups in total. The Kier molecular flexibility index (Phi) is 7.04. The van der Waals surface area contributed by atoms with E-state index in [0.717, 1.165) is 7.05 Å². The fourth-order valence-corrected chi connectivity index (χ4v) is 3.70. The highest BCUT2D eigenvalue weighted by Gasteiger charge is 2.41. The Labute approximate surface area is 196 Å². The monoisotopic (exact) mass is 499 g/mol. The van der Waals surface area contributed by atoms with E-state index in [0.29, 0.717) is 15.8 Å². The predicted molar refractivity (Wildman–Crippen MR) is 117 cm³/mol. The van der Waals surface area contributed by atoms with Crippen molar-refractivity contribution in [3.05, 3.63) is 86.2 Å². The molecule has 1 amide bonds. The van der Waals surface area contributed by atoms with Crippen LogP contribution in [0.15, 0.2) is 42.5 Å². The van der Waals surface area contributed by atoms with Crippen LogP contribution in [0.5, 0.6) is 0 Å². The van der Waals surface area contributed by atoms with Gasteiger partial charge in [-0.1, -0.05) is 41.4 Å². The summed E-state index contributed by atoms with van der Waals surface area (Å²) >= 11 is 11.9. The Hall–Kier alpha value is -3.04. The molecule has 0 bridgehead atoms. The van der Waals surface area contributed by atoms with Crippen LogP contribution >= 0.6 is 23.2 Å². The van der Waals surface area contributed by atoms with Gasteiger partial charge < -0.3 is 10.4 Å². The molecule has 3 aromatic rings. The molecule has 1 heterocycles. The van der Waals surface area contributed by atoms with Crippen molar-refractivity contribution in [1.82, 2.24) is 15.1 Å². The lowest BCUT2D eigenvalue weighted by molar-refractivity contribution is -0.144. The molecule has 1 aromatic heterocycles. The summed E-state index contributed by atoms with van der Waals surface area (Å²) < 4.78 is 42.0. The van der Waals surface area contributed by atoms with Gasteiger partial charge in [0.25, 0.3) is 5.91 Å². The number of amides is 1. The minimum atomic E-state index is -4.82. The Morgan fingerprint density at radius 2 is 1.76 bits per heavy atom. The van der Waals surface area contributed by atoms with Gasteiger partial charge in [0.05, 0.1) is 32.9 Å². The molecular formula is C22H18Cl2F3N3O3. The van der Waals surface area contributed by atoms with E-state index >= 15 is 0 Å². The second-order valence-corrected chi connectivity index (χ2v) is 8.15. The molecule has 0 aliphatic rings. The summed E-state index contributed by atoms with van der Waals surface area (Å²) in [7, 11) is 1.12. The lowest BCUT2D eigenvalue weighted by Crippen LogP contribution is -2.29. The van der Waals surface area contributed by atoms with Crippen LogP contribution in [0, 0.1) is 0 Å². The van der Waals surface area contributed by atoms with Crippen molar-refractivity contribution in [2.24, 2.45) is 7.05 Å². The van der Waals surface area contributed by atoms with E-state index in [2.05, 4.69) is 10.4 Å². The van der Waals surface area contributed by atoms with Crippen molar-refractivity contribution < 1.29 is 27.9 Å². The van der Waals surface area contributed by atoms with Crippen molar-refractivity contribution in [3.8, 4) is 0 Å². The molecule has 0 fully saturated rings. The smallest absolute Gasteiger partial charge is 0.433 e. The molecule has 0 spiro atoms. The summed E-state index contributed by atoms with van der Waals surface area (Å²) in [5.74, 6) is -2.07. The van der Waals surface area contributed by atoms with Crippen LogP contribution in [0.4, 0.5) is 13.2 Å².